The van der Waals surface area contributed by atoms with Gasteiger partial charge in [-0.2, -0.15) is 0 Å². The second kappa shape index (κ2) is 8.16. The zero-order chi connectivity index (χ0) is 20.7. The van der Waals surface area contributed by atoms with E-state index in [0.717, 1.165) is 56.2 Å². The summed E-state index contributed by atoms with van der Waals surface area (Å²) in [5, 5.41) is 3.53. The maximum atomic E-state index is 12.9. The summed E-state index contributed by atoms with van der Waals surface area (Å²) in [4.78, 5) is 17.7. The molecule has 4 saturated carbocycles. The maximum Gasteiger partial charge on any atom is 0.234 e. The van der Waals surface area contributed by atoms with Crippen LogP contribution in [0.1, 0.15) is 49.7 Å². The third-order valence-corrected chi connectivity index (χ3v) is 8.10. The van der Waals surface area contributed by atoms with E-state index in [-0.39, 0.29) is 11.4 Å². The van der Waals surface area contributed by atoms with E-state index in [1.54, 1.807) is 7.11 Å². The molecule has 164 valence electrons. The number of ether oxygens (including phenoxy) is 1. The number of hydrogen-bond acceptors (Lipinski definition) is 4. The lowest BCUT2D eigenvalue weighted by atomic mass is 9.53. The third-order valence-electron chi connectivity index (χ3n) is 8.10. The van der Waals surface area contributed by atoms with Gasteiger partial charge in [-0.1, -0.05) is 17.7 Å². The molecule has 0 unspecified atom stereocenters. The van der Waals surface area contributed by atoms with Crippen molar-refractivity contribution in [2.24, 2.45) is 17.8 Å². The summed E-state index contributed by atoms with van der Waals surface area (Å²) in [6.07, 6.45) is 7.96. The average molecular weight is 412 g/mol. The molecule has 5 heteroatoms. The van der Waals surface area contributed by atoms with Crippen molar-refractivity contribution in [1.29, 1.82) is 0 Å². The number of amides is 1. The minimum atomic E-state index is 0.134. The molecule has 1 heterocycles. The van der Waals surface area contributed by atoms with Gasteiger partial charge in [-0.3, -0.25) is 14.6 Å². The molecule has 1 aromatic rings. The van der Waals surface area contributed by atoms with E-state index in [9.17, 15) is 4.79 Å². The van der Waals surface area contributed by atoms with E-state index in [1.165, 1.54) is 49.7 Å². The predicted octanol–water partition coefficient (Wildman–Crippen LogP) is 3.21. The van der Waals surface area contributed by atoms with Gasteiger partial charge >= 0.3 is 0 Å². The van der Waals surface area contributed by atoms with Gasteiger partial charge in [-0.15, -0.1) is 0 Å². The summed E-state index contributed by atoms with van der Waals surface area (Å²) in [6, 6.07) is 6.39. The number of aryl methyl sites for hydroxylation is 1. The van der Waals surface area contributed by atoms with Crippen molar-refractivity contribution in [2.45, 2.75) is 57.5 Å². The topological polar surface area (TPSA) is 44.8 Å². The first-order chi connectivity index (χ1) is 14.5. The van der Waals surface area contributed by atoms with Gasteiger partial charge < -0.3 is 10.1 Å². The molecule has 30 heavy (non-hydrogen) atoms. The molecular weight excluding hydrogens is 374 g/mol. The number of carbonyl (C=O) groups is 1. The molecule has 0 spiro atoms. The highest BCUT2D eigenvalue weighted by Gasteiger charge is 2.51. The van der Waals surface area contributed by atoms with Gasteiger partial charge in [-0.05, 0) is 69.3 Å². The quantitative estimate of drug-likeness (QED) is 0.781. The third kappa shape index (κ3) is 4.24. The Labute approximate surface area is 181 Å². The number of hydrogen-bond donors (Lipinski definition) is 1. The standard InChI is InChI=1S/C25H37N3O2/c1-18-3-4-23(30-2)22(9-18)16-27-5-7-28(8-6-27)17-24(29)26-25-13-19-10-20(14-25)12-21(11-19)15-25/h3-4,9,19-21H,5-8,10-17H2,1-2H3,(H,26,29). The number of carbonyl (C=O) groups excluding carboxylic acids is 1. The molecule has 5 fully saturated rings. The number of methoxy groups -OCH3 is 1. The first kappa shape index (κ1) is 20.3. The Balaban J connectivity index is 1.11. The van der Waals surface area contributed by atoms with Crippen LogP contribution in [0.25, 0.3) is 0 Å². The highest BCUT2D eigenvalue weighted by Crippen LogP contribution is 2.55. The molecule has 0 atom stereocenters. The summed E-state index contributed by atoms with van der Waals surface area (Å²) >= 11 is 0. The van der Waals surface area contributed by atoms with Crippen LogP contribution >= 0.6 is 0 Å². The monoisotopic (exact) mass is 411 g/mol. The molecule has 4 aliphatic carbocycles. The number of benzene rings is 1. The number of nitrogens with one attached hydrogen (secondary N) is 1. The zero-order valence-electron chi connectivity index (χ0n) is 18.7. The molecule has 4 bridgehead atoms. The Hall–Kier alpha value is -1.59. The molecule has 6 rings (SSSR count). The Bertz CT molecular complexity index is 749. The molecular formula is C25H37N3O2. The number of rotatable bonds is 6. The van der Waals surface area contributed by atoms with E-state index >= 15 is 0 Å². The molecule has 1 aromatic carbocycles. The van der Waals surface area contributed by atoms with Crippen molar-refractivity contribution in [3.8, 4) is 5.75 Å². The first-order valence-corrected chi connectivity index (χ1v) is 11.9. The first-order valence-electron chi connectivity index (χ1n) is 11.9. The predicted molar refractivity (Wildman–Crippen MR) is 118 cm³/mol. The second-order valence-electron chi connectivity index (χ2n) is 10.6. The Morgan fingerprint density at radius 3 is 2.23 bits per heavy atom. The van der Waals surface area contributed by atoms with Crippen LogP contribution in [0.2, 0.25) is 0 Å². The van der Waals surface area contributed by atoms with Gasteiger partial charge in [0.15, 0.2) is 0 Å². The summed E-state index contributed by atoms with van der Waals surface area (Å²) in [5.41, 5.74) is 2.66. The zero-order valence-corrected chi connectivity index (χ0v) is 18.7. The fourth-order valence-corrected chi connectivity index (χ4v) is 7.18. The van der Waals surface area contributed by atoms with E-state index in [4.69, 9.17) is 4.74 Å². The summed E-state index contributed by atoms with van der Waals surface area (Å²) in [5.74, 6) is 3.85. The lowest BCUT2D eigenvalue weighted by molar-refractivity contribution is -0.128. The number of nitrogens with zero attached hydrogens (tertiary/aromatic N) is 2. The molecule has 1 N–H and O–H groups in total. The van der Waals surface area contributed by atoms with E-state index in [1.807, 2.05) is 0 Å². The molecule has 1 aliphatic heterocycles. The van der Waals surface area contributed by atoms with Crippen molar-refractivity contribution in [1.82, 2.24) is 15.1 Å². The van der Waals surface area contributed by atoms with Crippen molar-refractivity contribution < 1.29 is 9.53 Å². The minimum Gasteiger partial charge on any atom is -0.496 e. The summed E-state index contributed by atoms with van der Waals surface area (Å²) < 4.78 is 5.54. The lowest BCUT2D eigenvalue weighted by Crippen LogP contribution is -2.61. The highest BCUT2D eigenvalue weighted by atomic mass is 16.5. The normalized spacial score (nSPS) is 33.6. The van der Waals surface area contributed by atoms with Crippen LogP contribution in [-0.4, -0.2) is 61.1 Å². The molecule has 1 amide bonds. The van der Waals surface area contributed by atoms with Gasteiger partial charge in [0.05, 0.1) is 13.7 Å². The fourth-order valence-electron chi connectivity index (χ4n) is 7.18. The molecule has 5 aliphatic rings. The molecule has 5 nitrogen and oxygen atoms in total. The second-order valence-corrected chi connectivity index (χ2v) is 10.6. The Kier molecular flexibility index (Phi) is 5.53. The van der Waals surface area contributed by atoms with E-state index in [2.05, 4.69) is 40.2 Å². The SMILES string of the molecule is COc1ccc(C)cc1CN1CCN(CC(=O)NC23CC4CC(CC(C4)C2)C3)CC1. The summed E-state index contributed by atoms with van der Waals surface area (Å²) in [7, 11) is 1.74. The van der Waals surface area contributed by atoms with Crippen molar-refractivity contribution in [3.05, 3.63) is 29.3 Å². The van der Waals surface area contributed by atoms with Crippen LogP contribution in [0.15, 0.2) is 18.2 Å². The van der Waals surface area contributed by atoms with Crippen LogP contribution < -0.4 is 10.1 Å². The van der Waals surface area contributed by atoms with E-state index < -0.39 is 0 Å². The summed E-state index contributed by atoms with van der Waals surface area (Å²) in [6.45, 7) is 7.53. The Morgan fingerprint density at radius 2 is 1.63 bits per heavy atom. The van der Waals surface area contributed by atoms with Gasteiger partial charge in [-0.25, -0.2) is 0 Å². The van der Waals surface area contributed by atoms with Gasteiger partial charge in [0.1, 0.15) is 5.75 Å². The van der Waals surface area contributed by atoms with E-state index in [0.29, 0.717) is 6.54 Å². The lowest BCUT2D eigenvalue weighted by Gasteiger charge is -2.57. The van der Waals surface area contributed by atoms with Gasteiger partial charge in [0.2, 0.25) is 5.91 Å². The van der Waals surface area contributed by atoms with Gasteiger partial charge in [0, 0.05) is 43.8 Å². The fraction of sp³-hybridized carbons (Fsp3) is 0.720. The van der Waals surface area contributed by atoms with Crippen molar-refractivity contribution in [3.63, 3.8) is 0 Å². The van der Waals surface area contributed by atoms with Crippen LogP contribution in [-0.2, 0) is 11.3 Å². The van der Waals surface area contributed by atoms with Crippen molar-refractivity contribution in [2.75, 3.05) is 39.8 Å². The maximum absolute atomic E-state index is 12.9. The number of piperazine rings is 1. The van der Waals surface area contributed by atoms with Crippen LogP contribution in [0.4, 0.5) is 0 Å². The average Bonchev–Trinajstić information content (AvgIpc) is 2.68. The molecule has 1 saturated heterocycles. The van der Waals surface area contributed by atoms with Crippen molar-refractivity contribution >= 4 is 5.91 Å². The Morgan fingerprint density at radius 1 is 1.03 bits per heavy atom. The minimum absolute atomic E-state index is 0.134. The molecule has 0 radical (unpaired) electrons. The van der Waals surface area contributed by atoms with Crippen LogP contribution in [0.3, 0.4) is 0 Å². The van der Waals surface area contributed by atoms with Crippen LogP contribution in [0, 0.1) is 24.7 Å². The van der Waals surface area contributed by atoms with Gasteiger partial charge in [0.25, 0.3) is 0 Å². The van der Waals surface area contributed by atoms with Crippen LogP contribution in [0.5, 0.6) is 5.75 Å². The highest BCUT2D eigenvalue weighted by molar-refractivity contribution is 5.79. The smallest absolute Gasteiger partial charge is 0.234 e. The largest absolute Gasteiger partial charge is 0.496 e. The molecule has 0 aromatic heterocycles.